The second kappa shape index (κ2) is 49.4. The van der Waals surface area contributed by atoms with Gasteiger partial charge in [0.25, 0.3) is 7.82 Å². The average molecular weight is 969 g/mol. The maximum Gasteiger partial charge on any atom is 0.268 e. The molecular weight excluding hydrogens is 864 g/mol. The molecule has 0 rings (SSSR count). The Morgan fingerprint density at radius 3 is 1.37 bits per heavy atom. The van der Waals surface area contributed by atoms with Gasteiger partial charge < -0.3 is 28.8 Å². The van der Waals surface area contributed by atoms with Crippen LogP contribution in [0.2, 0.25) is 0 Å². The molecule has 2 N–H and O–H groups in total. The lowest BCUT2D eigenvalue weighted by Gasteiger charge is -2.29. The number of carbonyl (C=O) groups is 1. The predicted octanol–water partition coefficient (Wildman–Crippen LogP) is 16.0. The second-order valence-corrected chi connectivity index (χ2v) is 20.9. The van der Waals surface area contributed by atoms with E-state index in [2.05, 4.69) is 104 Å². The highest BCUT2D eigenvalue weighted by molar-refractivity contribution is 7.45. The number of phosphoric ester groups is 1. The first-order valence-electron chi connectivity index (χ1n) is 27.6. The van der Waals surface area contributed by atoms with Crippen LogP contribution >= 0.6 is 7.82 Å². The van der Waals surface area contributed by atoms with Gasteiger partial charge in [0.05, 0.1) is 39.9 Å². The Hall–Kier alpha value is -2.58. The fourth-order valence-electron chi connectivity index (χ4n) is 7.45. The van der Waals surface area contributed by atoms with Gasteiger partial charge in [-0.2, -0.15) is 0 Å². The molecule has 0 aliphatic heterocycles. The third-order valence-electron chi connectivity index (χ3n) is 11.8. The highest BCUT2D eigenvalue weighted by atomic mass is 31.2. The van der Waals surface area contributed by atoms with E-state index < -0.39 is 26.6 Å². The van der Waals surface area contributed by atoms with Crippen molar-refractivity contribution in [1.82, 2.24) is 5.32 Å². The molecule has 0 aromatic carbocycles. The Bertz CT molecular complexity index is 1420. The molecular formula is C59H105N2O6P. The number of nitrogens with one attached hydrogen (secondary N) is 1. The summed E-state index contributed by atoms with van der Waals surface area (Å²) in [5, 5.41) is 13.8. The highest BCUT2D eigenvalue weighted by Gasteiger charge is 2.23. The van der Waals surface area contributed by atoms with Gasteiger partial charge in [-0.05, 0) is 89.9 Å². The number of allylic oxidation sites excluding steroid dienone is 15. The summed E-state index contributed by atoms with van der Waals surface area (Å²) in [6, 6.07) is -0.920. The van der Waals surface area contributed by atoms with Gasteiger partial charge in [0, 0.05) is 6.42 Å². The molecule has 0 heterocycles. The normalized spacial score (nSPS) is 14.8. The van der Waals surface area contributed by atoms with Gasteiger partial charge in [-0.3, -0.25) is 9.36 Å². The SMILES string of the molecule is CC/C=C\C/C=C\C/C=C\C/C=C\C/C=C\CCCCCCCCCCCC(=O)NC(COP(=O)([O-])OCC[N+](C)(C)C)C(O)/C=C/CC/C=C/CC/C=C/CCCCCCCCCCCCC. The van der Waals surface area contributed by atoms with Crippen molar-refractivity contribution >= 4 is 13.7 Å². The van der Waals surface area contributed by atoms with Gasteiger partial charge in [0.2, 0.25) is 5.91 Å². The Balaban J connectivity index is 4.36. The zero-order valence-corrected chi connectivity index (χ0v) is 45.4. The molecule has 0 aromatic rings. The molecule has 392 valence electrons. The van der Waals surface area contributed by atoms with Crippen molar-refractivity contribution in [3.05, 3.63) is 97.2 Å². The number of amides is 1. The summed E-state index contributed by atoms with van der Waals surface area (Å²) < 4.78 is 23.3. The quantitative estimate of drug-likeness (QED) is 0.0272. The molecule has 0 aliphatic rings. The van der Waals surface area contributed by atoms with Gasteiger partial charge in [-0.15, -0.1) is 0 Å². The Morgan fingerprint density at radius 2 is 0.912 bits per heavy atom. The van der Waals surface area contributed by atoms with Crippen LogP contribution in [-0.4, -0.2) is 68.5 Å². The van der Waals surface area contributed by atoms with Crippen molar-refractivity contribution in [2.24, 2.45) is 0 Å². The maximum absolute atomic E-state index is 12.9. The average Bonchev–Trinajstić information content (AvgIpc) is 3.30. The van der Waals surface area contributed by atoms with Gasteiger partial charge in [0.15, 0.2) is 0 Å². The molecule has 0 aliphatic carbocycles. The summed E-state index contributed by atoms with van der Waals surface area (Å²) in [5.74, 6) is -0.221. The number of phosphoric acid groups is 1. The number of hydrogen-bond donors (Lipinski definition) is 2. The number of unbranched alkanes of at least 4 members (excludes halogenated alkanes) is 22. The number of hydrogen-bond acceptors (Lipinski definition) is 6. The van der Waals surface area contributed by atoms with Crippen LogP contribution in [0.5, 0.6) is 0 Å². The van der Waals surface area contributed by atoms with E-state index >= 15 is 0 Å². The Morgan fingerprint density at radius 1 is 0.529 bits per heavy atom. The fraction of sp³-hybridized carbons (Fsp3) is 0.712. The van der Waals surface area contributed by atoms with Gasteiger partial charge in [0.1, 0.15) is 13.2 Å². The van der Waals surface area contributed by atoms with Crippen molar-refractivity contribution in [1.29, 1.82) is 0 Å². The van der Waals surface area contributed by atoms with Gasteiger partial charge in [-0.1, -0.05) is 220 Å². The van der Waals surface area contributed by atoms with Gasteiger partial charge in [-0.25, -0.2) is 0 Å². The van der Waals surface area contributed by atoms with E-state index in [9.17, 15) is 19.4 Å². The molecule has 0 bridgehead atoms. The largest absolute Gasteiger partial charge is 0.756 e. The smallest absolute Gasteiger partial charge is 0.268 e. The molecule has 1 amide bonds. The lowest BCUT2D eigenvalue weighted by atomic mass is 10.1. The Kier molecular flexibility index (Phi) is 47.5. The van der Waals surface area contributed by atoms with E-state index in [0.717, 1.165) is 89.9 Å². The summed E-state index contributed by atoms with van der Waals surface area (Å²) in [7, 11) is 1.22. The molecule has 0 fully saturated rings. The predicted molar refractivity (Wildman–Crippen MR) is 293 cm³/mol. The fourth-order valence-corrected chi connectivity index (χ4v) is 8.17. The summed E-state index contributed by atoms with van der Waals surface area (Å²) in [6.07, 6.45) is 70.4. The lowest BCUT2D eigenvalue weighted by molar-refractivity contribution is -0.870. The molecule has 0 aromatic heterocycles. The Labute approximate surface area is 419 Å². The van der Waals surface area contributed by atoms with E-state index in [1.807, 2.05) is 27.2 Å². The third-order valence-corrected chi connectivity index (χ3v) is 12.7. The number of rotatable bonds is 49. The zero-order chi connectivity index (χ0) is 49.9. The molecule has 8 nitrogen and oxygen atoms in total. The van der Waals surface area contributed by atoms with E-state index in [1.54, 1.807) is 6.08 Å². The van der Waals surface area contributed by atoms with Crippen LogP contribution in [0, 0.1) is 0 Å². The first-order valence-corrected chi connectivity index (χ1v) is 29.1. The standard InChI is InChI=1S/C59H105N2O6P/c1-6-8-10-12-14-16-18-20-22-24-26-28-29-30-31-33-35-37-39-41-43-45-47-49-51-53-59(63)60-57(56-67-68(64,65)66-55-54-61(3,4)5)58(62)52-50-48-46-44-42-40-38-36-34-32-27-25-23-21-19-17-15-13-11-9-7-2/h8,10,14,16,20,22,26,28,30-31,34,36,42,44,50,52,57-58,62H,6-7,9,11-13,15,17-19,21,23-25,27,29,32-33,35,37-41,43,45-49,51,53-56H2,1-5H3,(H-,60,63,64,65)/b10-8-,16-14-,22-20-,28-26-,31-30-,36-34+,44-42+,52-50+. The van der Waals surface area contributed by atoms with Crippen molar-refractivity contribution in [3.63, 3.8) is 0 Å². The summed E-state index contributed by atoms with van der Waals surface area (Å²) in [4.78, 5) is 25.5. The molecule has 0 saturated heterocycles. The number of carbonyl (C=O) groups excluding carboxylic acids is 1. The zero-order valence-electron chi connectivity index (χ0n) is 44.5. The minimum atomic E-state index is -4.62. The first-order chi connectivity index (χ1) is 33.0. The van der Waals surface area contributed by atoms with Crippen molar-refractivity contribution in [2.45, 2.75) is 231 Å². The molecule has 0 radical (unpaired) electrons. The highest BCUT2D eigenvalue weighted by Crippen LogP contribution is 2.38. The van der Waals surface area contributed by atoms with Crippen LogP contribution in [0.25, 0.3) is 0 Å². The van der Waals surface area contributed by atoms with E-state index in [0.29, 0.717) is 17.4 Å². The van der Waals surface area contributed by atoms with Crippen LogP contribution in [0.3, 0.4) is 0 Å². The van der Waals surface area contributed by atoms with Gasteiger partial charge >= 0.3 is 0 Å². The number of quaternary nitrogens is 1. The molecule has 9 heteroatoms. The van der Waals surface area contributed by atoms with E-state index in [1.165, 1.54) is 109 Å². The summed E-state index contributed by atoms with van der Waals surface area (Å²) in [5.41, 5.74) is 0. The van der Waals surface area contributed by atoms with E-state index in [-0.39, 0.29) is 12.5 Å². The van der Waals surface area contributed by atoms with Crippen LogP contribution in [0.4, 0.5) is 0 Å². The van der Waals surface area contributed by atoms with Crippen molar-refractivity contribution < 1.29 is 32.9 Å². The van der Waals surface area contributed by atoms with E-state index in [4.69, 9.17) is 9.05 Å². The summed E-state index contributed by atoms with van der Waals surface area (Å²) >= 11 is 0. The number of aliphatic hydroxyl groups is 1. The van der Waals surface area contributed by atoms with Crippen molar-refractivity contribution in [2.75, 3.05) is 40.9 Å². The maximum atomic E-state index is 12.9. The van der Waals surface area contributed by atoms with Crippen LogP contribution < -0.4 is 10.2 Å². The second-order valence-electron chi connectivity index (χ2n) is 19.5. The van der Waals surface area contributed by atoms with Crippen LogP contribution in [0.15, 0.2) is 97.2 Å². The number of likely N-dealkylation sites (N-methyl/N-ethyl adjacent to an activating group) is 1. The van der Waals surface area contributed by atoms with Crippen LogP contribution in [0.1, 0.15) is 219 Å². The minimum Gasteiger partial charge on any atom is -0.756 e. The summed E-state index contributed by atoms with van der Waals surface area (Å²) in [6.45, 7) is 4.50. The minimum absolute atomic E-state index is 0.0151. The molecule has 68 heavy (non-hydrogen) atoms. The van der Waals surface area contributed by atoms with Crippen LogP contribution in [-0.2, 0) is 18.4 Å². The third kappa shape index (κ3) is 51.3. The van der Waals surface area contributed by atoms with Crippen molar-refractivity contribution in [3.8, 4) is 0 Å². The molecule has 3 unspecified atom stereocenters. The number of aliphatic hydroxyl groups excluding tert-OH is 1. The monoisotopic (exact) mass is 969 g/mol. The lowest BCUT2D eigenvalue weighted by Crippen LogP contribution is -2.45. The molecule has 0 saturated carbocycles. The molecule has 0 spiro atoms. The molecule has 3 atom stereocenters. The topological polar surface area (TPSA) is 108 Å². The number of nitrogens with zero attached hydrogens (tertiary/aromatic N) is 1. The first kappa shape index (κ1) is 65.4.